The van der Waals surface area contributed by atoms with E-state index in [2.05, 4.69) is 18.6 Å². The summed E-state index contributed by atoms with van der Waals surface area (Å²) in [7, 11) is 1.13. The summed E-state index contributed by atoms with van der Waals surface area (Å²) >= 11 is 0. The number of methoxy groups -OCH3 is 1. The van der Waals surface area contributed by atoms with Crippen molar-refractivity contribution in [2.24, 2.45) is 40.4 Å². The molecule has 5 rings (SSSR count). The van der Waals surface area contributed by atoms with Gasteiger partial charge in [-0.2, -0.15) is 0 Å². The first-order valence-corrected chi connectivity index (χ1v) is 14.1. The molecule has 0 spiro atoms. The predicted octanol–water partition coefficient (Wildman–Crippen LogP) is 1.57. The number of aliphatic hydroxyl groups excluding tert-OH is 4. The number of fused-ring (bicyclic) bond motifs is 5. The van der Waals surface area contributed by atoms with E-state index in [0.717, 1.165) is 58.5 Å². The van der Waals surface area contributed by atoms with Crippen molar-refractivity contribution >= 4 is 11.8 Å². The number of esters is 1. The number of ketones is 1. The Morgan fingerprint density at radius 2 is 1.57 bits per heavy atom. The van der Waals surface area contributed by atoms with Gasteiger partial charge >= 0.3 is 5.97 Å². The standard InChI is InChI=1S/C28H44O9/c1-27-10-8-15(29)12-14(27)4-5-16-17-6-7-19(28(17,2)11-9-18(16)27)20(30)13-36-26-23(33)21(31)22(32)24(37-26)25(34)35-3/h14-19,21-24,26,29,31-33H,4-13H2,1-3H3/t14-,15-,16+,17+,18+,19-,21-,22-,23+,24+,26+,27+,28+/m1/s1. The summed E-state index contributed by atoms with van der Waals surface area (Å²) in [5, 5.41) is 40.8. The summed E-state index contributed by atoms with van der Waals surface area (Å²) in [6, 6.07) is 0. The van der Waals surface area contributed by atoms with Crippen LogP contribution in [0.5, 0.6) is 0 Å². The van der Waals surface area contributed by atoms with Gasteiger partial charge in [0.2, 0.25) is 0 Å². The van der Waals surface area contributed by atoms with Gasteiger partial charge in [0, 0.05) is 5.92 Å². The monoisotopic (exact) mass is 524 g/mol. The molecular formula is C28H44O9. The summed E-state index contributed by atoms with van der Waals surface area (Å²) in [5.74, 6) is 1.25. The first-order chi connectivity index (χ1) is 17.5. The normalized spacial score (nSPS) is 51.5. The number of hydrogen-bond acceptors (Lipinski definition) is 9. The Morgan fingerprint density at radius 1 is 0.865 bits per heavy atom. The number of hydrogen-bond donors (Lipinski definition) is 4. The van der Waals surface area contributed by atoms with Gasteiger partial charge in [0.25, 0.3) is 0 Å². The smallest absolute Gasteiger partial charge is 0.337 e. The van der Waals surface area contributed by atoms with Gasteiger partial charge in [-0.25, -0.2) is 4.79 Å². The Balaban J connectivity index is 1.24. The molecule has 9 nitrogen and oxygen atoms in total. The molecule has 1 saturated heterocycles. The zero-order valence-corrected chi connectivity index (χ0v) is 22.3. The fourth-order valence-electron chi connectivity index (χ4n) is 9.33. The third-order valence-corrected chi connectivity index (χ3v) is 11.4. The average Bonchev–Trinajstić information content (AvgIpc) is 3.24. The molecule has 1 aliphatic heterocycles. The van der Waals surface area contributed by atoms with Gasteiger partial charge in [-0.15, -0.1) is 0 Å². The molecule has 9 heteroatoms. The van der Waals surface area contributed by atoms with Crippen LogP contribution in [-0.2, 0) is 23.8 Å². The molecule has 0 aromatic carbocycles. The highest BCUT2D eigenvalue weighted by Gasteiger charge is 2.61. The van der Waals surface area contributed by atoms with Crippen molar-refractivity contribution in [1.29, 1.82) is 0 Å². The molecule has 0 aromatic heterocycles. The minimum Gasteiger partial charge on any atom is -0.467 e. The van der Waals surface area contributed by atoms with E-state index in [1.807, 2.05) is 0 Å². The molecule has 5 fully saturated rings. The van der Waals surface area contributed by atoms with Gasteiger partial charge in [-0.1, -0.05) is 13.8 Å². The molecule has 4 aliphatic carbocycles. The van der Waals surface area contributed by atoms with E-state index in [4.69, 9.17) is 9.47 Å². The van der Waals surface area contributed by atoms with Crippen molar-refractivity contribution in [2.75, 3.05) is 13.7 Å². The van der Waals surface area contributed by atoms with Crippen LogP contribution < -0.4 is 0 Å². The second-order valence-electron chi connectivity index (χ2n) is 13.0. The van der Waals surface area contributed by atoms with Gasteiger partial charge in [0.05, 0.1) is 13.2 Å². The van der Waals surface area contributed by atoms with Gasteiger partial charge in [-0.3, -0.25) is 4.79 Å². The molecule has 13 atom stereocenters. The van der Waals surface area contributed by atoms with Crippen molar-refractivity contribution in [3.63, 3.8) is 0 Å². The Kier molecular flexibility index (Phi) is 7.53. The molecular weight excluding hydrogens is 480 g/mol. The fourth-order valence-corrected chi connectivity index (χ4v) is 9.33. The maximum absolute atomic E-state index is 13.5. The van der Waals surface area contributed by atoms with Crippen molar-refractivity contribution in [2.45, 2.75) is 108 Å². The molecule has 0 aromatic rings. The lowest BCUT2D eigenvalue weighted by Crippen LogP contribution is -2.60. The third kappa shape index (κ3) is 4.47. The zero-order chi connectivity index (χ0) is 26.7. The van der Waals surface area contributed by atoms with Crippen molar-refractivity contribution in [3.05, 3.63) is 0 Å². The Morgan fingerprint density at radius 3 is 2.30 bits per heavy atom. The SMILES string of the molecule is COC(=O)[C@H]1O[C@H](OCC(=O)[C@H]2CC[C@H]3[C@@H]4CC[C@@H]5C[C@H](O)CC[C@]5(C)[C@H]4CC[C@]23C)[C@@H](O)[C@H](O)[C@H]1O. The molecule has 4 N–H and O–H groups in total. The fraction of sp³-hybridized carbons (Fsp3) is 0.929. The van der Waals surface area contributed by atoms with Crippen LogP contribution in [0.15, 0.2) is 0 Å². The topological polar surface area (TPSA) is 143 Å². The Bertz CT molecular complexity index is 880. The number of carbonyl (C=O) groups excluding carboxylic acids is 2. The van der Waals surface area contributed by atoms with E-state index in [1.165, 1.54) is 6.42 Å². The van der Waals surface area contributed by atoms with Crippen LogP contribution in [0.3, 0.4) is 0 Å². The summed E-state index contributed by atoms with van der Waals surface area (Å²) in [6.07, 6.45) is 1.18. The Hall–Kier alpha value is -1.10. The van der Waals surface area contributed by atoms with E-state index >= 15 is 0 Å². The quantitative estimate of drug-likeness (QED) is 0.394. The minimum atomic E-state index is -1.67. The highest BCUT2D eigenvalue weighted by molar-refractivity contribution is 5.83. The lowest BCUT2D eigenvalue weighted by atomic mass is 9.44. The predicted molar refractivity (Wildman–Crippen MR) is 131 cm³/mol. The summed E-state index contributed by atoms with van der Waals surface area (Å²) < 4.78 is 15.6. The van der Waals surface area contributed by atoms with Crippen molar-refractivity contribution < 1.29 is 44.2 Å². The molecule has 0 amide bonds. The number of aliphatic hydroxyl groups is 4. The van der Waals surface area contributed by atoms with Crippen LogP contribution >= 0.6 is 0 Å². The highest BCUT2D eigenvalue weighted by atomic mass is 16.7. The van der Waals surface area contributed by atoms with Gasteiger partial charge in [0.1, 0.15) is 24.9 Å². The van der Waals surface area contributed by atoms with E-state index in [9.17, 15) is 30.0 Å². The van der Waals surface area contributed by atoms with Crippen LogP contribution in [0.25, 0.3) is 0 Å². The number of ether oxygens (including phenoxy) is 3. The lowest BCUT2D eigenvalue weighted by Gasteiger charge is -2.60. The summed E-state index contributed by atoms with van der Waals surface area (Å²) in [5.41, 5.74) is 0.181. The van der Waals surface area contributed by atoms with Crippen molar-refractivity contribution in [3.8, 4) is 0 Å². The highest BCUT2D eigenvalue weighted by Crippen LogP contribution is 2.67. The van der Waals surface area contributed by atoms with E-state index in [1.54, 1.807) is 0 Å². The van der Waals surface area contributed by atoms with E-state index in [-0.39, 0.29) is 35.2 Å². The zero-order valence-electron chi connectivity index (χ0n) is 22.3. The van der Waals surface area contributed by atoms with Gasteiger partial charge < -0.3 is 34.6 Å². The lowest BCUT2D eigenvalue weighted by molar-refractivity contribution is -0.293. The average molecular weight is 525 g/mol. The van der Waals surface area contributed by atoms with Crippen LogP contribution in [-0.4, -0.2) is 82.7 Å². The maximum atomic E-state index is 13.5. The van der Waals surface area contributed by atoms with Crippen LogP contribution in [0.1, 0.15) is 71.6 Å². The first kappa shape index (κ1) is 27.5. The largest absolute Gasteiger partial charge is 0.467 e. The van der Waals surface area contributed by atoms with Crippen LogP contribution in [0.2, 0.25) is 0 Å². The van der Waals surface area contributed by atoms with E-state index in [0.29, 0.717) is 23.7 Å². The van der Waals surface area contributed by atoms with Crippen LogP contribution in [0, 0.1) is 40.4 Å². The summed E-state index contributed by atoms with van der Waals surface area (Å²) in [6.45, 7) is 4.43. The van der Waals surface area contributed by atoms with Gasteiger partial charge in [-0.05, 0) is 92.3 Å². The van der Waals surface area contributed by atoms with Crippen LogP contribution in [0.4, 0.5) is 0 Å². The molecule has 210 valence electrons. The summed E-state index contributed by atoms with van der Waals surface area (Å²) in [4.78, 5) is 25.4. The molecule has 0 bridgehead atoms. The van der Waals surface area contributed by atoms with E-state index < -0.39 is 36.7 Å². The molecule has 0 radical (unpaired) electrons. The number of rotatable bonds is 5. The number of carbonyl (C=O) groups is 2. The maximum Gasteiger partial charge on any atom is 0.337 e. The molecule has 4 saturated carbocycles. The Labute approximate surface area is 218 Å². The van der Waals surface area contributed by atoms with Crippen molar-refractivity contribution in [1.82, 2.24) is 0 Å². The molecule has 37 heavy (non-hydrogen) atoms. The van der Waals surface area contributed by atoms with Gasteiger partial charge in [0.15, 0.2) is 18.2 Å². The molecule has 1 heterocycles. The minimum absolute atomic E-state index is 0.0461. The second-order valence-corrected chi connectivity index (χ2v) is 13.0. The second kappa shape index (κ2) is 10.1. The molecule has 0 unspecified atom stereocenters. The number of Topliss-reactive ketones (excluding diaryl/α,β-unsaturated/α-hetero) is 1. The molecule has 5 aliphatic rings. The third-order valence-electron chi connectivity index (χ3n) is 11.4. The first-order valence-electron chi connectivity index (χ1n) is 14.1.